The molecule has 49 heavy (non-hydrogen) atoms. The molecule has 0 saturated heterocycles. The SMILES string of the molecule is c1ccc(N(c2ccc3c(c2)sc2sc4ccc(N(c5ccccc5)c5ccccc5)cc4c23)c2ccc3oc4ccccc4c3c2)cc1. The quantitative estimate of drug-likeness (QED) is 0.176. The molecule has 0 aliphatic heterocycles. The van der Waals surface area contributed by atoms with Gasteiger partial charge in [0.25, 0.3) is 0 Å². The fraction of sp³-hybridized carbons (Fsp3) is 0. The van der Waals surface area contributed by atoms with E-state index < -0.39 is 0 Å². The van der Waals surface area contributed by atoms with Crippen molar-refractivity contribution in [3.05, 3.63) is 170 Å². The third-order valence-corrected chi connectivity index (χ3v) is 11.7. The van der Waals surface area contributed by atoms with Gasteiger partial charge >= 0.3 is 0 Å². The number of thiophene rings is 2. The Kier molecular flexibility index (Phi) is 6.54. The molecule has 232 valence electrons. The van der Waals surface area contributed by atoms with E-state index in [9.17, 15) is 0 Å². The molecule has 0 fully saturated rings. The third-order valence-electron chi connectivity index (χ3n) is 9.25. The molecule has 0 bridgehead atoms. The number of furan rings is 1. The van der Waals surface area contributed by atoms with Gasteiger partial charge in [-0.2, -0.15) is 0 Å². The monoisotopic (exact) mass is 664 g/mol. The third kappa shape index (κ3) is 4.70. The first-order valence-electron chi connectivity index (χ1n) is 16.3. The van der Waals surface area contributed by atoms with E-state index in [1.165, 1.54) is 29.6 Å². The minimum Gasteiger partial charge on any atom is -0.456 e. The lowest BCUT2D eigenvalue weighted by atomic mass is 10.1. The highest BCUT2D eigenvalue weighted by atomic mass is 32.2. The molecule has 0 saturated carbocycles. The second-order valence-electron chi connectivity index (χ2n) is 12.2. The molecular formula is C44H28N2OS2. The van der Waals surface area contributed by atoms with Crippen LogP contribution < -0.4 is 9.80 Å². The van der Waals surface area contributed by atoms with Crippen molar-refractivity contribution in [1.82, 2.24) is 0 Å². The van der Waals surface area contributed by atoms with Gasteiger partial charge in [0, 0.05) is 70.5 Å². The van der Waals surface area contributed by atoms with E-state index in [1.807, 2.05) is 34.8 Å². The smallest absolute Gasteiger partial charge is 0.135 e. The van der Waals surface area contributed by atoms with Crippen LogP contribution >= 0.6 is 22.7 Å². The summed E-state index contributed by atoms with van der Waals surface area (Å²) in [5.74, 6) is 0. The van der Waals surface area contributed by atoms with Gasteiger partial charge < -0.3 is 14.2 Å². The largest absolute Gasteiger partial charge is 0.456 e. The van der Waals surface area contributed by atoms with Crippen molar-refractivity contribution >= 4 is 108 Å². The van der Waals surface area contributed by atoms with Crippen molar-refractivity contribution in [3.63, 3.8) is 0 Å². The number of hydrogen-bond acceptors (Lipinski definition) is 5. The van der Waals surface area contributed by atoms with E-state index in [1.54, 1.807) is 0 Å². The van der Waals surface area contributed by atoms with Crippen LogP contribution in [0.1, 0.15) is 0 Å². The van der Waals surface area contributed by atoms with Crippen molar-refractivity contribution in [2.45, 2.75) is 0 Å². The van der Waals surface area contributed by atoms with Crippen LogP contribution in [0.3, 0.4) is 0 Å². The molecule has 3 aromatic heterocycles. The van der Waals surface area contributed by atoms with Crippen molar-refractivity contribution in [1.29, 1.82) is 0 Å². The maximum atomic E-state index is 6.17. The number of para-hydroxylation sites is 4. The van der Waals surface area contributed by atoms with Crippen LogP contribution in [0.2, 0.25) is 0 Å². The molecule has 0 amide bonds. The highest BCUT2D eigenvalue weighted by molar-refractivity contribution is 7.44. The van der Waals surface area contributed by atoms with Crippen LogP contribution in [-0.2, 0) is 0 Å². The van der Waals surface area contributed by atoms with Gasteiger partial charge in [0.05, 0.1) is 4.01 Å². The van der Waals surface area contributed by atoms with Gasteiger partial charge in [0.2, 0.25) is 0 Å². The van der Waals surface area contributed by atoms with Crippen LogP contribution in [0.5, 0.6) is 0 Å². The zero-order valence-electron chi connectivity index (χ0n) is 26.3. The van der Waals surface area contributed by atoms with Crippen molar-refractivity contribution in [3.8, 4) is 0 Å². The number of rotatable bonds is 6. The molecule has 5 heteroatoms. The molecular weight excluding hydrogens is 637 g/mol. The maximum absolute atomic E-state index is 6.17. The fourth-order valence-corrected chi connectivity index (χ4v) is 9.66. The average Bonchev–Trinajstić information content (AvgIpc) is 3.82. The number of anilines is 6. The zero-order chi connectivity index (χ0) is 32.3. The van der Waals surface area contributed by atoms with E-state index in [2.05, 4.69) is 168 Å². The molecule has 0 N–H and O–H groups in total. The Bertz CT molecular complexity index is 2740. The first-order valence-corrected chi connectivity index (χ1v) is 18.0. The number of hydrogen-bond donors (Lipinski definition) is 0. The highest BCUT2D eigenvalue weighted by Crippen LogP contribution is 2.48. The average molecular weight is 665 g/mol. The normalized spacial score (nSPS) is 11.7. The van der Waals surface area contributed by atoms with E-state index in [0.717, 1.165) is 56.1 Å². The molecule has 0 unspecified atom stereocenters. The van der Waals surface area contributed by atoms with E-state index in [-0.39, 0.29) is 0 Å². The molecule has 0 aliphatic rings. The minimum absolute atomic E-state index is 0.899. The lowest BCUT2D eigenvalue weighted by Gasteiger charge is -2.25. The second-order valence-corrected chi connectivity index (χ2v) is 14.5. The van der Waals surface area contributed by atoms with Gasteiger partial charge in [-0.15, -0.1) is 22.7 Å². The molecule has 10 rings (SSSR count). The Labute approximate surface area is 291 Å². The molecule has 0 atom stereocenters. The predicted octanol–water partition coefficient (Wildman–Crippen LogP) is 14.1. The Morgan fingerprint density at radius 3 is 1.55 bits per heavy atom. The van der Waals surface area contributed by atoms with Crippen molar-refractivity contribution in [2.24, 2.45) is 0 Å². The first-order chi connectivity index (χ1) is 24.3. The lowest BCUT2D eigenvalue weighted by molar-refractivity contribution is 0.669. The Balaban J connectivity index is 1.12. The topological polar surface area (TPSA) is 19.6 Å². The van der Waals surface area contributed by atoms with Crippen LogP contribution in [0.25, 0.3) is 51.5 Å². The van der Waals surface area contributed by atoms with Crippen LogP contribution in [0, 0.1) is 0 Å². The van der Waals surface area contributed by atoms with Gasteiger partial charge in [0.15, 0.2) is 0 Å². The molecule has 3 heterocycles. The first kappa shape index (κ1) is 28.2. The number of nitrogens with zero attached hydrogens (tertiary/aromatic N) is 2. The van der Waals surface area contributed by atoms with Gasteiger partial charge in [-0.25, -0.2) is 0 Å². The Hall–Kier alpha value is -5.88. The summed E-state index contributed by atoms with van der Waals surface area (Å²) in [5, 5.41) is 6.18. The number of fused-ring (bicyclic) bond motifs is 8. The lowest BCUT2D eigenvalue weighted by Crippen LogP contribution is -2.09. The molecule has 0 radical (unpaired) electrons. The molecule has 10 aromatic rings. The standard InChI is InChI=1S/C44H28N2OS2/c1-4-12-29(13-5-1)45(30-14-6-2-7-15-30)33-22-25-41-38(27-33)43-36-23-20-34(28-42(36)49-44(43)48-41)46(31-16-8-3-9-17-31)32-21-24-40-37(26-32)35-18-10-11-19-39(35)47-40/h1-28H. The molecule has 0 aliphatic carbocycles. The highest BCUT2D eigenvalue weighted by Gasteiger charge is 2.20. The van der Waals surface area contributed by atoms with E-state index in [0.29, 0.717) is 0 Å². The van der Waals surface area contributed by atoms with Crippen LogP contribution in [0.4, 0.5) is 34.1 Å². The predicted molar refractivity (Wildman–Crippen MR) is 211 cm³/mol. The Morgan fingerprint density at radius 1 is 0.347 bits per heavy atom. The van der Waals surface area contributed by atoms with Gasteiger partial charge in [-0.1, -0.05) is 78.9 Å². The molecule has 0 spiro atoms. The maximum Gasteiger partial charge on any atom is 0.135 e. The van der Waals surface area contributed by atoms with E-state index in [4.69, 9.17) is 4.42 Å². The van der Waals surface area contributed by atoms with Gasteiger partial charge in [-0.3, -0.25) is 0 Å². The molecule has 7 aromatic carbocycles. The fourth-order valence-electron chi connectivity index (χ4n) is 7.05. The summed E-state index contributed by atoms with van der Waals surface area (Å²) in [6, 6.07) is 60.5. The summed E-state index contributed by atoms with van der Waals surface area (Å²) in [7, 11) is 0. The summed E-state index contributed by atoms with van der Waals surface area (Å²) < 4.78 is 10.1. The number of benzene rings is 7. The Morgan fingerprint density at radius 2 is 0.857 bits per heavy atom. The van der Waals surface area contributed by atoms with Crippen LogP contribution in [-0.4, -0.2) is 0 Å². The summed E-state index contributed by atoms with van der Waals surface area (Å²) in [4.78, 5) is 4.69. The zero-order valence-corrected chi connectivity index (χ0v) is 27.9. The van der Waals surface area contributed by atoms with Crippen LogP contribution in [0.15, 0.2) is 174 Å². The van der Waals surface area contributed by atoms with Crippen molar-refractivity contribution < 1.29 is 4.42 Å². The molecule has 3 nitrogen and oxygen atoms in total. The summed E-state index contributed by atoms with van der Waals surface area (Å²) >= 11 is 3.77. The van der Waals surface area contributed by atoms with Crippen molar-refractivity contribution in [2.75, 3.05) is 9.80 Å². The minimum atomic E-state index is 0.899. The van der Waals surface area contributed by atoms with Gasteiger partial charge in [0.1, 0.15) is 11.2 Å². The summed E-state index contributed by atoms with van der Waals surface area (Å²) in [6.45, 7) is 0. The van der Waals surface area contributed by atoms with E-state index >= 15 is 0 Å². The second kappa shape index (κ2) is 11.4. The summed E-state index contributed by atoms with van der Waals surface area (Å²) in [6.07, 6.45) is 0. The summed E-state index contributed by atoms with van der Waals surface area (Å²) in [5.41, 5.74) is 8.58. The van der Waals surface area contributed by atoms with Gasteiger partial charge in [-0.05, 0) is 91.0 Å².